The first-order valence-electron chi connectivity index (χ1n) is 13.0. The summed E-state index contributed by atoms with van der Waals surface area (Å²) < 4.78 is 50.6. The molecule has 1 unspecified atom stereocenters. The van der Waals surface area contributed by atoms with Crippen molar-refractivity contribution in [1.29, 1.82) is 0 Å². The number of hydrogen-bond donors (Lipinski definition) is 2. The summed E-state index contributed by atoms with van der Waals surface area (Å²) in [6.07, 6.45) is -3.83. The summed E-state index contributed by atoms with van der Waals surface area (Å²) in [5, 5.41) is 17.1. The average molecular weight is 616 g/mol. The fraction of sp³-hybridized carbons (Fsp3) is 0.241. The lowest BCUT2D eigenvalue weighted by Crippen LogP contribution is -2.42. The van der Waals surface area contributed by atoms with Crippen molar-refractivity contribution in [2.75, 3.05) is 0 Å². The van der Waals surface area contributed by atoms with E-state index in [1.807, 2.05) is 26.0 Å². The molecule has 1 amide bonds. The molecule has 0 bridgehead atoms. The minimum atomic E-state index is -4.84. The summed E-state index contributed by atoms with van der Waals surface area (Å²) in [6.45, 7) is 3.93. The number of carbonyl (C=O) groups is 1. The number of oxime groups is 1. The van der Waals surface area contributed by atoms with Gasteiger partial charge in [0.2, 0.25) is 0 Å². The zero-order valence-electron chi connectivity index (χ0n) is 22.3. The predicted molar refractivity (Wildman–Crippen MR) is 153 cm³/mol. The molecule has 2 aliphatic heterocycles. The van der Waals surface area contributed by atoms with E-state index in [4.69, 9.17) is 32.7 Å². The van der Waals surface area contributed by atoms with Gasteiger partial charge in [0, 0.05) is 28.4 Å². The van der Waals surface area contributed by atoms with Crippen LogP contribution in [0.2, 0.25) is 10.0 Å². The number of rotatable bonds is 5. The van der Waals surface area contributed by atoms with Crippen LogP contribution in [0.4, 0.5) is 13.2 Å². The number of pyridine rings is 1. The number of amides is 1. The lowest BCUT2D eigenvalue weighted by molar-refractivity contribution is -0.275. The highest BCUT2D eigenvalue weighted by molar-refractivity contribution is 6.62. The molecule has 42 heavy (non-hydrogen) atoms. The molecule has 13 heteroatoms. The van der Waals surface area contributed by atoms with Gasteiger partial charge in [0.05, 0.1) is 28.8 Å². The Morgan fingerprint density at radius 3 is 2.57 bits per heavy atom. The highest BCUT2D eigenvalue weighted by atomic mass is 35.5. The Hall–Kier alpha value is -3.51. The molecular formula is C29H23BCl2F3N3O4. The average Bonchev–Trinajstić information content (AvgIpc) is 3.63. The Morgan fingerprint density at radius 1 is 1.12 bits per heavy atom. The van der Waals surface area contributed by atoms with Gasteiger partial charge in [0.15, 0.2) is 0 Å². The first kappa shape index (κ1) is 28.6. The van der Waals surface area contributed by atoms with E-state index < -0.39 is 30.9 Å². The molecule has 0 aliphatic carbocycles. The Labute approximate surface area is 249 Å². The van der Waals surface area contributed by atoms with E-state index >= 15 is 0 Å². The molecule has 4 heterocycles. The first-order chi connectivity index (χ1) is 19.8. The second-order valence-electron chi connectivity index (χ2n) is 10.8. The Balaban J connectivity index is 1.25. The normalized spacial score (nSPS) is 19.5. The molecule has 0 saturated carbocycles. The molecule has 0 radical (unpaired) electrons. The van der Waals surface area contributed by atoms with Gasteiger partial charge in [-0.2, -0.15) is 13.2 Å². The topological polar surface area (TPSA) is 84.6 Å². The number of aromatic nitrogens is 1. The number of alkyl halides is 3. The monoisotopic (exact) mass is 615 g/mol. The maximum atomic E-state index is 14.5. The Kier molecular flexibility index (Phi) is 6.84. The smallest absolute Gasteiger partial charge is 0.423 e. The van der Waals surface area contributed by atoms with E-state index in [1.54, 1.807) is 28.8 Å². The maximum Gasteiger partial charge on any atom is 0.492 e. The molecule has 7 nitrogen and oxygen atoms in total. The van der Waals surface area contributed by atoms with E-state index in [2.05, 4.69) is 10.5 Å². The number of fused-ring (bicyclic) bond motifs is 2. The molecule has 4 aromatic rings. The third kappa shape index (κ3) is 4.74. The van der Waals surface area contributed by atoms with Crippen LogP contribution in [0, 0.1) is 0 Å². The fourth-order valence-corrected chi connectivity index (χ4v) is 6.08. The van der Waals surface area contributed by atoms with Crippen molar-refractivity contribution in [2.24, 2.45) is 5.16 Å². The van der Waals surface area contributed by atoms with Gasteiger partial charge in [-0.1, -0.05) is 46.6 Å². The molecule has 2 aliphatic rings. The zero-order valence-corrected chi connectivity index (χ0v) is 23.8. The number of halogens is 5. The number of hydrogen-bond acceptors (Lipinski definition) is 5. The predicted octanol–water partition coefficient (Wildman–Crippen LogP) is 5.71. The van der Waals surface area contributed by atoms with Crippen LogP contribution in [0.3, 0.4) is 0 Å². The van der Waals surface area contributed by atoms with Gasteiger partial charge in [-0.3, -0.25) is 4.79 Å². The summed E-state index contributed by atoms with van der Waals surface area (Å²) in [5.41, 5.74) is -0.195. The third-order valence-electron chi connectivity index (χ3n) is 7.64. The van der Waals surface area contributed by atoms with Crippen LogP contribution in [-0.4, -0.2) is 34.3 Å². The highest BCUT2D eigenvalue weighted by Gasteiger charge is 2.62. The summed E-state index contributed by atoms with van der Waals surface area (Å²) in [5.74, 6) is -0.384. The van der Waals surface area contributed by atoms with Crippen molar-refractivity contribution >= 4 is 52.9 Å². The second-order valence-corrected chi connectivity index (χ2v) is 11.6. The van der Waals surface area contributed by atoms with Crippen molar-refractivity contribution in [1.82, 2.24) is 9.72 Å². The van der Waals surface area contributed by atoms with Gasteiger partial charge in [-0.25, -0.2) is 0 Å². The molecule has 0 spiro atoms. The van der Waals surface area contributed by atoms with Crippen LogP contribution in [0.1, 0.15) is 53.0 Å². The van der Waals surface area contributed by atoms with Crippen LogP contribution in [-0.2, 0) is 27.2 Å². The van der Waals surface area contributed by atoms with Gasteiger partial charge in [0.25, 0.3) is 11.5 Å². The third-order valence-corrected chi connectivity index (χ3v) is 8.07. The second kappa shape index (κ2) is 10.0. The first-order valence-corrected chi connectivity index (χ1v) is 13.7. The molecule has 1 atom stereocenters. The van der Waals surface area contributed by atoms with Gasteiger partial charge in [-0.05, 0) is 72.9 Å². The van der Waals surface area contributed by atoms with Crippen LogP contribution >= 0.6 is 23.2 Å². The molecule has 0 saturated heterocycles. The summed E-state index contributed by atoms with van der Waals surface area (Å²) in [6, 6.07) is 15.6. The standard InChI is InChI=1S/C29H23BCl2F3N3O4/c1-27(2)21-7-5-16(10-22(21)30(40)41-27)15-36-26(39)20-6-8-25(38-9-3-4-24(20)38)23-14-28(42-37-23,29(33,34)35)17-11-18(31)13-19(32)12-17/h3-13,40H,14-15H2,1-2H3,(H,36,39). The fourth-order valence-electron chi connectivity index (χ4n) is 5.55. The molecule has 2 aromatic heterocycles. The Morgan fingerprint density at radius 2 is 1.86 bits per heavy atom. The zero-order chi connectivity index (χ0) is 30.0. The van der Waals surface area contributed by atoms with Crippen molar-refractivity contribution in [3.05, 3.63) is 105 Å². The molecular weight excluding hydrogens is 593 g/mol. The molecule has 2 N–H and O–H groups in total. The minimum absolute atomic E-state index is 0.0366. The summed E-state index contributed by atoms with van der Waals surface area (Å²) >= 11 is 12.0. The van der Waals surface area contributed by atoms with Crippen molar-refractivity contribution < 1.29 is 32.5 Å². The van der Waals surface area contributed by atoms with Gasteiger partial charge in [-0.15, -0.1) is 0 Å². The van der Waals surface area contributed by atoms with E-state index in [9.17, 15) is 23.0 Å². The number of nitrogens with one attached hydrogen (secondary N) is 1. The van der Waals surface area contributed by atoms with Crippen LogP contribution < -0.4 is 10.8 Å². The lowest BCUT2D eigenvalue weighted by atomic mass is 9.77. The van der Waals surface area contributed by atoms with E-state index in [0.29, 0.717) is 22.2 Å². The maximum absolute atomic E-state index is 14.5. The van der Waals surface area contributed by atoms with Gasteiger partial charge < -0.3 is 24.2 Å². The van der Waals surface area contributed by atoms with Crippen LogP contribution in [0.5, 0.6) is 0 Å². The van der Waals surface area contributed by atoms with Crippen molar-refractivity contribution in [3.8, 4) is 0 Å². The number of nitrogens with zero attached hydrogens (tertiary/aromatic N) is 2. The largest absolute Gasteiger partial charge is 0.492 e. The molecule has 6 rings (SSSR count). The van der Waals surface area contributed by atoms with Crippen LogP contribution in [0.15, 0.2) is 72.0 Å². The van der Waals surface area contributed by atoms with Crippen LogP contribution in [0.25, 0.3) is 5.52 Å². The van der Waals surface area contributed by atoms with E-state index in [0.717, 1.165) is 23.3 Å². The lowest BCUT2D eigenvalue weighted by Gasteiger charge is -2.29. The van der Waals surface area contributed by atoms with Gasteiger partial charge in [0.1, 0.15) is 5.71 Å². The number of carbonyl (C=O) groups excluding carboxylic acids is 1. The number of benzene rings is 2. The highest BCUT2D eigenvalue weighted by Crippen LogP contribution is 2.49. The Bertz CT molecular complexity index is 1750. The molecule has 2 aromatic carbocycles. The van der Waals surface area contributed by atoms with Crippen molar-refractivity contribution in [2.45, 2.75) is 44.2 Å². The SMILES string of the molecule is CC1(C)OB(O)c2cc(CNC(=O)c3ccc(C4=NOC(c5cc(Cl)cc(Cl)c5)(C(F)(F)F)C4)n4cccc34)ccc21. The quantitative estimate of drug-likeness (QED) is 0.282. The van der Waals surface area contributed by atoms with E-state index in [-0.39, 0.29) is 33.8 Å². The molecule has 216 valence electrons. The summed E-state index contributed by atoms with van der Waals surface area (Å²) in [7, 11) is -1.05. The van der Waals surface area contributed by atoms with Crippen molar-refractivity contribution in [3.63, 3.8) is 0 Å². The summed E-state index contributed by atoms with van der Waals surface area (Å²) in [4.78, 5) is 18.4. The minimum Gasteiger partial charge on any atom is -0.423 e. The van der Waals surface area contributed by atoms with Gasteiger partial charge >= 0.3 is 13.3 Å². The molecule has 0 fully saturated rings. The van der Waals surface area contributed by atoms with E-state index in [1.165, 1.54) is 18.2 Å².